The van der Waals surface area contributed by atoms with Crippen LogP contribution in [-0.4, -0.2) is 4.57 Å². The summed E-state index contributed by atoms with van der Waals surface area (Å²) in [6.07, 6.45) is 0. The number of fused-ring (bicyclic) bond motifs is 4. The molecule has 0 N–H and O–H groups in total. The molecule has 0 bridgehead atoms. The molecule has 0 atom stereocenters. The number of benzene rings is 10. The molecule has 0 spiro atoms. The van der Waals surface area contributed by atoms with Gasteiger partial charge in [0.15, 0.2) is 0 Å². The molecular formula is C58H40N2. The highest BCUT2D eigenvalue weighted by molar-refractivity contribution is 6.17. The van der Waals surface area contributed by atoms with Gasteiger partial charge in [-0.2, -0.15) is 0 Å². The van der Waals surface area contributed by atoms with Gasteiger partial charge in [0.25, 0.3) is 0 Å². The van der Waals surface area contributed by atoms with Crippen molar-refractivity contribution in [3.8, 4) is 50.2 Å². The molecule has 0 fully saturated rings. The van der Waals surface area contributed by atoms with E-state index in [1.54, 1.807) is 0 Å². The summed E-state index contributed by atoms with van der Waals surface area (Å²) in [6, 6.07) is 87.9. The Bertz CT molecular complexity index is 3310. The van der Waals surface area contributed by atoms with Crippen LogP contribution in [0.25, 0.3) is 82.8 Å². The number of para-hydroxylation sites is 2. The molecule has 1 aromatic heterocycles. The number of nitrogens with zero attached hydrogens (tertiary/aromatic N) is 2. The molecule has 0 unspecified atom stereocenters. The fourth-order valence-corrected chi connectivity index (χ4v) is 9.01. The molecule has 0 aliphatic heterocycles. The predicted octanol–water partition coefficient (Wildman–Crippen LogP) is 16.1. The van der Waals surface area contributed by atoms with E-state index in [0.29, 0.717) is 0 Å². The molecule has 60 heavy (non-hydrogen) atoms. The van der Waals surface area contributed by atoms with Gasteiger partial charge in [0, 0.05) is 33.4 Å². The zero-order valence-corrected chi connectivity index (χ0v) is 33.0. The molecule has 0 saturated heterocycles. The van der Waals surface area contributed by atoms with E-state index in [4.69, 9.17) is 0 Å². The number of anilines is 3. The second kappa shape index (κ2) is 15.1. The van der Waals surface area contributed by atoms with Crippen LogP contribution in [-0.2, 0) is 0 Å². The van der Waals surface area contributed by atoms with Gasteiger partial charge in [0.05, 0.1) is 16.7 Å². The molecule has 0 saturated carbocycles. The number of hydrogen-bond donors (Lipinski definition) is 0. The number of hydrogen-bond acceptors (Lipinski definition) is 1. The van der Waals surface area contributed by atoms with Crippen LogP contribution < -0.4 is 4.90 Å². The van der Waals surface area contributed by atoms with Crippen LogP contribution in [0.3, 0.4) is 0 Å². The number of aromatic nitrogens is 1. The Balaban J connectivity index is 1.17. The van der Waals surface area contributed by atoms with Gasteiger partial charge in [0.2, 0.25) is 0 Å². The normalized spacial score (nSPS) is 11.3. The summed E-state index contributed by atoms with van der Waals surface area (Å²) in [5.41, 5.74) is 16.3. The molecule has 1 heterocycles. The van der Waals surface area contributed by atoms with E-state index in [1.165, 1.54) is 66.0 Å². The SMILES string of the molecule is c1ccc(-c2ccccc2-c2cccc3c2c2ccc(N(c4cccc(-c5ccc6ccccc6c5)c4)c4ccccc4-c4ccccc4)cc2n3-c2ccccc2)cc1. The summed E-state index contributed by atoms with van der Waals surface area (Å²) in [5.74, 6) is 0. The Morgan fingerprint density at radius 1 is 0.300 bits per heavy atom. The van der Waals surface area contributed by atoms with E-state index in [9.17, 15) is 0 Å². The summed E-state index contributed by atoms with van der Waals surface area (Å²) in [6.45, 7) is 0. The van der Waals surface area contributed by atoms with E-state index in [0.717, 1.165) is 33.8 Å². The van der Waals surface area contributed by atoms with Crippen molar-refractivity contribution in [2.45, 2.75) is 0 Å². The van der Waals surface area contributed by atoms with Gasteiger partial charge in [-0.25, -0.2) is 0 Å². The van der Waals surface area contributed by atoms with Crippen molar-refractivity contribution in [3.05, 3.63) is 243 Å². The monoisotopic (exact) mass is 764 g/mol. The van der Waals surface area contributed by atoms with Crippen LogP contribution in [0.5, 0.6) is 0 Å². The molecule has 11 rings (SSSR count). The Morgan fingerprint density at radius 3 is 1.65 bits per heavy atom. The van der Waals surface area contributed by atoms with Gasteiger partial charge < -0.3 is 9.47 Å². The molecule has 282 valence electrons. The highest BCUT2D eigenvalue weighted by Gasteiger charge is 2.22. The lowest BCUT2D eigenvalue weighted by atomic mass is 9.92. The second-order valence-electron chi connectivity index (χ2n) is 15.3. The number of rotatable bonds is 8. The van der Waals surface area contributed by atoms with Crippen LogP contribution in [0.1, 0.15) is 0 Å². The highest BCUT2D eigenvalue weighted by atomic mass is 15.1. The lowest BCUT2D eigenvalue weighted by Crippen LogP contribution is -2.11. The van der Waals surface area contributed by atoms with Gasteiger partial charge in [-0.1, -0.05) is 188 Å². The zero-order chi connectivity index (χ0) is 39.8. The predicted molar refractivity (Wildman–Crippen MR) is 255 cm³/mol. The van der Waals surface area contributed by atoms with Crippen molar-refractivity contribution in [2.24, 2.45) is 0 Å². The first kappa shape index (κ1) is 35.2. The van der Waals surface area contributed by atoms with Crippen molar-refractivity contribution >= 4 is 49.6 Å². The molecule has 10 aromatic carbocycles. The van der Waals surface area contributed by atoms with Crippen LogP contribution in [0, 0.1) is 0 Å². The zero-order valence-electron chi connectivity index (χ0n) is 33.0. The van der Waals surface area contributed by atoms with E-state index in [2.05, 4.69) is 252 Å². The molecular weight excluding hydrogens is 725 g/mol. The first-order valence-electron chi connectivity index (χ1n) is 20.6. The lowest BCUT2D eigenvalue weighted by molar-refractivity contribution is 1.18. The summed E-state index contributed by atoms with van der Waals surface area (Å²) in [4.78, 5) is 2.44. The Labute approximate surface area is 350 Å². The van der Waals surface area contributed by atoms with Crippen molar-refractivity contribution in [1.82, 2.24) is 4.57 Å². The molecule has 2 nitrogen and oxygen atoms in total. The minimum Gasteiger partial charge on any atom is -0.310 e. The third-order valence-electron chi connectivity index (χ3n) is 11.8. The van der Waals surface area contributed by atoms with Crippen LogP contribution in [0.15, 0.2) is 243 Å². The maximum Gasteiger partial charge on any atom is 0.0562 e. The van der Waals surface area contributed by atoms with Crippen molar-refractivity contribution < 1.29 is 0 Å². The summed E-state index contributed by atoms with van der Waals surface area (Å²) >= 11 is 0. The molecule has 0 radical (unpaired) electrons. The third-order valence-corrected chi connectivity index (χ3v) is 11.8. The van der Waals surface area contributed by atoms with Crippen molar-refractivity contribution in [3.63, 3.8) is 0 Å². The first-order valence-corrected chi connectivity index (χ1v) is 20.6. The smallest absolute Gasteiger partial charge is 0.0562 e. The summed E-state index contributed by atoms with van der Waals surface area (Å²) < 4.78 is 2.44. The molecule has 0 amide bonds. The van der Waals surface area contributed by atoms with E-state index >= 15 is 0 Å². The topological polar surface area (TPSA) is 8.17 Å². The van der Waals surface area contributed by atoms with Crippen LogP contribution >= 0.6 is 0 Å². The second-order valence-corrected chi connectivity index (χ2v) is 15.3. The van der Waals surface area contributed by atoms with Crippen LogP contribution in [0.4, 0.5) is 17.1 Å². The maximum absolute atomic E-state index is 2.44. The largest absolute Gasteiger partial charge is 0.310 e. The van der Waals surface area contributed by atoms with E-state index < -0.39 is 0 Å². The molecule has 0 aliphatic rings. The van der Waals surface area contributed by atoms with Crippen molar-refractivity contribution in [1.29, 1.82) is 0 Å². The quantitative estimate of drug-likeness (QED) is 0.150. The summed E-state index contributed by atoms with van der Waals surface area (Å²) in [7, 11) is 0. The van der Waals surface area contributed by atoms with Gasteiger partial charge in [-0.15, -0.1) is 0 Å². The minimum atomic E-state index is 1.08. The fourth-order valence-electron chi connectivity index (χ4n) is 9.01. The third kappa shape index (κ3) is 6.23. The Morgan fingerprint density at radius 2 is 0.867 bits per heavy atom. The van der Waals surface area contributed by atoms with Crippen LogP contribution in [0.2, 0.25) is 0 Å². The average molecular weight is 765 g/mol. The molecule has 2 heteroatoms. The standard InChI is InChI=1S/C58H40N2/c1-4-19-42(20-5-1)50-28-12-13-30-52(50)53-31-17-33-56-58(53)54-37-36-49(40-57(54)60(56)47-25-8-3-9-26-47)59(55-32-15-14-29-51(55)43-21-6-2-7-22-43)48-27-16-24-45(39-48)46-35-34-41-18-10-11-23-44(41)38-46/h1-40H. The fraction of sp³-hybridized carbons (Fsp3) is 0. The first-order chi connectivity index (χ1) is 29.8. The lowest BCUT2D eigenvalue weighted by Gasteiger charge is -2.28. The summed E-state index contributed by atoms with van der Waals surface area (Å²) in [5, 5.41) is 4.92. The van der Waals surface area contributed by atoms with Gasteiger partial charge in [-0.05, 0) is 104 Å². The minimum absolute atomic E-state index is 1.08. The van der Waals surface area contributed by atoms with E-state index in [1.807, 2.05) is 0 Å². The Hall–Kier alpha value is -7.94. The Kier molecular flexibility index (Phi) is 8.87. The average Bonchev–Trinajstić information content (AvgIpc) is 3.66. The molecule has 11 aromatic rings. The molecule has 0 aliphatic carbocycles. The highest BCUT2D eigenvalue weighted by Crippen LogP contribution is 2.46. The maximum atomic E-state index is 2.44. The van der Waals surface area contributed by atoms with Gasteiger partial charge >= 0.3 is 0 Å². The van der Waals surface area contributed by atoms with E-state index in [-0.39, 0.29) is 0 Å². The van der Waals surface area contributed by atoms with Crippen molar-refractivity contribution in [2.75, 3.05) is 4.90 Å². The van der Waals surface area contributed by atoms with Gasteiger partial charge in [0.1, 0.15) is 0 Å². The van der Waals surface area contributed by atoms with Gasteiger partial charge in [-0.3, -0.25) is 0 Å².